The van der Waals surface area contributed by atoms with Crippen LogP contribution in [0.2, 0.25) is 0 Å². The predicted octanol–water partition coefficient (Wildman–Crippen LogP) is 4.03. The maximum Gasteiger partial charge on any atom is 0.243 e. The van der Waals surface area contributed by atoms with Crippen molar-refractivity contribution in [1.29, 1.82) is 0 Å². The Bertz CT molecular complexity index is 1100. The van der Waals surface area contributed by atoms with E-state index < -0.39 is 0 Å². The van der Waals surface area contributed by atoms with Crippen molar-refractivity contribution >= 4 is 29.3 Å². The van der Waals surface area contributed by atoms with Gasteiger partial charge in [-0.3, -0.25) is 9.59 Å². The van der Waals surface area contributed by atoms with Gasteiger partial charge in [-0.05, 0) is 37.5 Å². The fourth-order valence-corrected chi connectivity index (χ4v) is 4.33. The summed E-state index contributed by atoms with van der Waals surface area (Å²) < 4.78 is 2.01. The molecule has 7 nitrogen and oxygen atoms in total. The van der Waals surface area contributed by atoms with Crippen molar-refractivity contribution in [2.75, 3.05) is 24.7 Å². The van der Waals surface area contributed by atoms with Crippen molar-refractivity contribution in [3.05, 3.63) is 59.7 Å². The molecule has 0 aliphatic heterocycles. The van der Waals surface area contributed by atoms with Gasteiger partial charge in [0.25, 0.3) is 0 Å². The summed E-state index contributed by atoms with van der Waals surface area (Å²) in [5.41, 5.74) is 4.00. The van der Waals surface area contributed by atoms with Gasteiger partial charge < -0.3 is 14.8 Å². The number of hydrogen-bond donors (Lipinski definition) is 1. The van der Waals surface area contributed by atoms with E-state index in [1.54, 1.807) is 7.05 Å². The monoisotopic (exact) mass is 451 g/mol. The number of thioether (sulfide) groups is 1. The number of para-hydroxylation sites is 1. The van der Waals surface area contributed by atoms with Crippen molar-refractivity contribution < 1.29 is 9.59 Å². The number of aryl methyl sites for hydroxylation is 2. The molecule has 0 aliphatic carbocycles. The lowest BCUT2D eigenvalue weighted by molar-refractivity contribution is -0.131. The van der Waals surface area contributed by atoms with Gasteiger partial charge in [-0.1, -0.05) is 61.2 Å². The first-order valence-corrected chi connectivity index (χ1v) is 11.7. The van der Waals surface area contributed by atoms with E-state index in [4.69, 9.17) is 0 Å². The molecule has 1 N–H and O–H groups in total. The van der Waals surface area contributed by atoms with Crippen molar-refractivity contribution in [3.63, 3.8) is 0 Å². The molecule has 0 saturated heterocycles. The highest BCUT2D eigenvalue weighted by atomic mass is 32.2. The summed E-state index contributed by atoms with van der Waals surface area (Å²) in [6.07, 6.45) is 0.824. The van der Waals surface area contributed by atoms with Gasteiger partial charge in [-0.2, -0.15) is 0 Å². The van der Waals surface area contributed by atoms with Crippen LogP contribution in [0.4, 0.5) is 5.69 Å². The highest BCUT2D eigenvalue weighted by Gasteiger charge is 2.18. The molecule has 0 aliphatic rings. The van der Waals surface area contributed by atoms with Crippen LogP contribution >= 0.6 is 11.8 Å². The van der Waals surface area contributed by atoms with Gasteiger partial charge in [0.2, 0.25) is 11.8 Å². The van der Waals surface area contributed by atoms with Crippen molar-refractivity contribution in [1.82, 2.24) is 19.7 Å². The van der Waals surface area contributed by atoms with Crippen LogP contribution in [0.1, 0.15) is 25.0 Å². The minimum absolute atomic E-state index is 0.00757. The minimum atomic E-state index is -0.217. The third-order valence-corrected chi connectivity index (χ3v) is 6.17. The molecule has 3 rings (SSSR count). The number of likely N-dealkylation sites (N-methyl/N-ethyl adjacent to an activating group) is 1. The van der Waals surface area contributed by atoms with E-state index >= 15 is 0 Å². The molecule has 2 amide bonds. The largest absolute Gasteiger partial charge is 0.336 e. The van der Waals surface area contributed by atoms with E-state index in [-0.39, 0.29) is 24.1 Å². The van der Waals surface area contributed by atoms with E-state index in [1.165, 1.54) is 16.7 Å². The molecule has 2 aromatic carbocycles. The van der Waals surface area contributed by atoms with Crippen LogP contribution in [0, 0.1) is 6.92 Å². The number of nitrogens with one attached hydrogen (secondary N) is 1. The third kappa shape index (κ3) is 5.56. The first kappa shape index (κ1) is 23.5. The van der Waals surface area contributed by atoms with E-state index in [0.29, 0.717) is 11.7 Å². The summed E-state index contributed by atoms with van der Waals surface area (Å²) >= 11 is 1.33. The quantitative estimate of drug-likeness (QED) is 0.497. The Labute approximate surface area is 193 Å². The molecular weight excluding hydrogens is 422 g/mol. The zero-order valence-electron chi connectivity index (χ0n) is 19.0. The Morgan fingerprint density at radius 2 is 1.78 bits per heavy atom. The molecule has 0 saturated carbocycles. The summed E-state index contributed by atoms with van der Waals surface area (Å²) in [5, 5.41) is 12.2. The third-order valence-electron chi connectivity index (χ3n) is 5.22. The molecule has 3 aromatic rings. The fraction of sp³-hybridized carbons (Fsp3) is 0.333. The molecule has 168 valence electrons. The molecule has 1 aromatic heterocycles. The van der Waals surface area contributed by atoms with Gasteiger partial charge in [-0.15, -0.1) is 10.2 Å². The number of aromatic nitrogens is 3. The van der Waals surface area contributed by atoms with Crippen LogP contribution < -0.4 is 5.32 Å². The standard InChI is InChI=1S/C24H29N5O2S/c1-5-18-12-8-10-14-20(18)25-21(30)15-28(4)22(31)16-32-24-27-26-23(29(24)6-2)19-13-9-7-11-17(19)3/h7-14H,5-6,15-16H2,1-4H3,(H,25,30). The van der Waals surface area contributed by atoms with Gasteiger partial charge in [-0.25, -0.2) is 0 Å². The molecule has 8 heteroatoms. The van der Waals surface area contributed by atoms with E-state index in [2.05, 4.69) is 15.5 Å². The number of carbonyl (C=O) groups is 2. The molecule has 0 atom stereocenters. The SMILES string of the molecule is CCc1ccccc1NC(=O)CN(C)C(=O)CSc1nnc(-c2ccccc2C)n1CC. The zero-order valence-corrected chi connectivity index (χ0v) is 19.8. The van der Waals surface area contributed by atoms with Crippen molar-refractivity contribution in [2.24, 2.45) is 0 Å². The Kier molecular flexibility index (Phi) is 8.05. The average Bonchev–Trinajstić information content (AvgIpc) is 3.20. The number of nitrogens with zero attached hydrogens (tertiary/aromatic N) is 4. The second-order valence-corrected chi connectivity index (χ2v) is 8.41. The average molecular weight is 452 g/mol. The first-order chi connectivity index (χ1) is 15.4. The maximum absolute atomic E-state index is 12.6. The molecule has 32 heavy (non-hydrogen) atoms. The fourth-order valence-electron chi connectivity index (χ4n) is 3.38. The molecule has 0 fully saturated rings. The van der Waals surface area contributed by atoms with Gasteiger partial charge in [0.05, 0.1) is 12.3 Å². The van der Waals surface area contributed by atoms with Crippen LogP contribution in [-0.2, 0) is 22.6 Å². The predicted molar refractivity (Wildman–Crippen MR) is 129 cm³/mol. The smallest absolute Gasteiger partial charge is 0.243 e. The molecule has 0 bridgehead atoms. The second kappa shape index (κ2) is 10.9. The van der Waals surface area contributed by atoms with Crippen molar-refractivity contribution in [3.8, 4) is 11.4 Å². The van der Waals surface area contributed by atoms with Crippen LogP contribution in [0.3, 0.4) is 0 Å². The molecule has 0 spiro atoms. The number of hydrogen-bond acceptors (Lipinski definition) is 5. The van der Waals surface area contributed by atoms with Crippen LogP contribution in [0.15, 0.2) is 53.7 Å². The molecule has 0 radical (unpaired) electrons. The summed E-state index contributed by atoms with van der Waals surface area (Å²) in [5.74, 6) is 0.617. The topological polar surface area (TPSA) is 80.1 Å². The normalized spacial score (nSPS) is 10.8. The lowest BCUT2D eigenvalue weighted by Crippen LogP contribution is -2.36. The summed E-state index contributed by atoms with van der Waals surface area (Å²) in [4.78, 5) is 26.5. The Balaban J connectivity index is 1.59. The first-order valence-electron chi connectivity index (χ1n) is 10.7. The summed E-state index contributed by atoms with van der Waals surface area (Å²) in [7, 11) is 1.64. The van der Waals surface area contributed by atoms with Crippen molar-refractivity contribution in [2.45, 2.75) is 38.9 Å². The van der Waals surface area contributed by atoms with Crippen LogP contribution in [0.5, 0.6) is 0 Å². The molecular formula is C24H29N5O2S. The van der Waals surface area contributed by atoms with Crippen LogP contribution in [0.25, 0.3) is 11.4 Å². The number of benzene rings is 2. The minimum Gasteiger partial charge on any atom is -0.336 e. The second-order valence-electron chi connectivity index (χ2n) is 7.46. The van der Waals surface area contributed by atoms with E-state index in [9.17, 15) is 9.59 Å². The van der Waals surface area contributed by atoms with Crippen LogP contribution in [-0.4, -0.2) is 50.8 Å². The van der Waals surface area contributed by atoms with Gasteiger partial charge in [0.15, 0.2) is 11.0 Å². The molecule has 0 unspecified atom stereocenters. The lowest BCUT2D eigenvalue weighted by Gasteiger charge is -2.17. The van der Waals surface area contributed by atoms with E-state index in [1.807, 2.05) is 73.9 Å². The Morgan fingerprint density at radius 3 is 2.50 bits per heavy atom. The van der Waals surface area contributed by atoms with Gasteiger partial charge >= 0.3 is 0 Å². The number of amides is 2. The highest BCUT2D eigenvalue weighted by Crippen LogP contribution is 2.26. The van der Waals surface area contributed by atoms with Gasteiger partial charge in [0, 0.05) is 24.8 Å². The number of carbonyl (C=O) groups excluding carboxylic acids is 2. The number of rotatable bonds is 9. The molecule has 1 heterocycles. The Morgan fingerprint density at radius 1 is 1.06 bits per heavy atom. The van der Waals surface area contributed by atoms with Gasteiger partial charge in [0.1, 0.15) is 0 Å². The summed E-state index contributed by atoms with van der Waals surface area (Å²) in [6, 6.07) is 15.7. The van der Waals surface area contributed by atoms with E-state index in [0.717, 1.165) is 34.6 Å². The summed E-state index contributed by atoms with van der Waals surface area (Å²) in [6.45, 7) is 6.80. The maximum atomic E-state index is 12.6. The Hall–Kier alpha value is -3.13. The zero-order chi connectivity index (χ0) is 23.1. The number of anilines is 1. The highest BCUT2D eigenvalue weighted by molar-refractivity contribution is 7.99. The lowest BCUT2D eigenvalue weighted by atomic mass is 10.1.